The Morgan fingerprint density at radius 1 is 1.52 bits per heavy atom. The zero-order chi connectivity index (χ0) is 17.8. The second kappa shape index (κ2) is 7.75. The quantitative estimate of drug-likeness (QED) is 0.829. The number of carbonyl (C=O) groups excluding carboxylic acids is 1. The summed E-state index contributed by atoms with van der Waals surface area (Å²) in [5.41, 5.74) is 0.621. The number of nitrogens with one attached hydrogen (secondary N) is 1. The van der Waals surface area contributed by atoms with Gasteiger partial charge in [-0.2, -0.15) is 0 Å². The molecule has 134 valence electrons. The molecule has 3 rings (SSSR count). The average molecular weight is 363 g/mol. The van der Waals surface area contributed by atoms with Crippen LogP contribution in [-0.4, -0.2) is 57.7 Å². The number of aryl methyl sites for hydroxylation is 2. The molecule has 2 aromatic rings. The van der Waals surface area contributed by atoms with Crippen LogP contribution in [0.1, 0.15) is 10.7 Å². The minimum atomic E-state index is -0.190. The first-order chi connectivity index (χ1) is 12.0. The predicted molar refractivity (Wildman–Crippen MR) is 94.8 cm³/mol. The van der Waals surface area contributed by atoms with Gasteiger partial charge in [-0.15, -0.1) is 11.3 Å². The standard InChI is InChI=1S/C16H21N5O3S/c1-11-19-12(10-25-11)7-14(22)21-5-6-24-13(9-21)8-18-15-16(23)20(2)4-3-17-15/h3-4,10,13H,5-9H2,1-2H3,(H,17,18)/t13-/m1/s1. The van der Waals surface area contributed by atoms with Crippen LogP contribution in [0.15, 0.2) is 22.6 Å². The molecule has 3 heterocycles. The summed E-state index contributed by atoms with van der Waals surface area (Å²) in [6.07, 6.45) is 3.30. The van der Waals surface area contributed by atoms with E-state index in [1.807, 2.05) is 12.3 Å². The highest BCUT2D eigenvalue weighted by Gasteiger charge is 2.25. The van der Waals surface area contributed by atoms with Crippen LogP contribution in [0.2, 0.25) is 0 Å². The number of nitrogens with zero attached hydrogens (tertiary/aromatic N) is 4. The number of ether oxygens (including phenoxy) is 1. The Kier molecular flexibility index (Phi) is 5.44. The molecule has 1 atom stereocenters. The first kappa shape index (κ1) is 17.6. The van der Waals surface area contributed by atoms with E-state index in [4.69, 9.17) is 4.74 Å². The first-order valence-electron chi connectivity index (χ1n) is 8.09. The van der Waals surface area contributed by atoms with E-state index in [0.29, 0.717) is 32.7 Å². The molecule has 25 heavy (non-hydrogen) atoms. The number of rotatable bonds is 5. The molecule has 2 aromatic heterocycles. The number of hydrogen-bond donors (Lipinski definition) is 1. The maximum absolute atomic E-state index is 12.4. The molecule has 1 saturated heterocycles. The topological polar surface area (TPSA) is 89.3 Å². The fraction of sp³-hybridized carbons (Fsp3) is 0.500. The molecular weight excluding hydrogens is 342 g/mol. The summed E-state index contributed by atoms with van der Waals surface area (Å²) in [6, 6.07) is 0. The molecule has 1 aliphatic rings. The summed E-state index contributed by atoms with van der Waals surface area (Å²) in [5.74, 6) is 0.336. The number of morpholine rings is 1. The largest absolute Gasteiger partial charge is 0.373 e. The van der Waals surface area contributed by atoms with Crippen LogP contribution >= 0.6 is 11.3 Å². The zero-order valence-corrected chi connectivity index (χ0v) is 15.1. The lowest BCUT2D eigenvalue weighted by atomic mass is 10.2. The lowest BCUT2D eigenvalue weighted by molar-refractivity contribution is -0.137. The van der Waals surface area contributed by atoms with Crippen LogP contribution in [-0.2, 0) is 23.0 Å². The highest BCUT2D eigenvalue weighted by molar-refractivity contribution is 7.09. The Morgan fingerprint density at radius 2 is 2.36 bits per heavy atom. The van der Waals surface area contributed by atoms with Crippen LogP contribution in [0.4, 0.5) is 5.82 Å². The van der Waals surface area contributed by atoms with Crippen molar-refractivity contribution in [2.24, 2.45) is 7.05 Å². The molecule has 0 radical (unpaired) electrons. The summed E-state index contributed by atoms with van der Waals surface area (Å²) in [4.78, 5) is 34.6. The fourth-order valence-electron chi connectivity index (χ4n) is 2.66. The fourth-order valence-corrected chi connectivity index (χ4v) is 3.27. The summed E-state index contributed by atoms with van der Waals surface area (Å²) in [5, 5.41) is 5.90. The Hall–Kier alpha value is -2.26. The highest BCUT2D eigenvalue weighted by atomic mass is 32.1. The van der Waals surface area contributed by atoms with Crippen LogP contribution in [0.5, 0.6) is 0 Å². The number of aromatic nitrogens is 3. The zero-order valence-electron chi connectivity index (χ0n) is 14.3. The van der Waals surface area contributed by atoms with Gasteiger partial charge >= 0.3 is 0 Å². The maximum Gasteiger partial charge on any atom is 0.293 e. The lowest BCUT2D eigenvalue weighted by Gasteiger charge is -2.33. The van der Waals surface area contributed by atoms with Gasteiger partial charge in [0.05, 0.1) is 29.8 Å². The van der Waals surface area contributed by atoms with E-state index in [-0.39, 0.29) is 23.4 Å². The van der Waals surface area contributed by atoms with E-state index in [1.54, 1.807) is 35.7 Å². The van der Waals surface area contributed by atoms with E-state index < -0.39 is 0 Å². The van der Waals surface area contributed by atoms with Crippen LogP contribution in [0.25, 0.3) is 0 Å². The van der Waals surface area contributed by atoms with E-state index in [0.717, 1.165) is 10.7 Å². The van der Waals surface area contributed by atoms with E-state index in [9.17, 15) is 9.59 Å². The van der Waals surface area contributed by atoms with Crippen LogP contribution in [0.3, 0.4) is 0 Å². The van der Waals surface area contributed by atoms with E-state index in [1.165, 1.54) is 4.57 Å². The molecule has 1 amide bonds. The Morgan fingerprint density at radius 3 is 3.12 bits per heavy atom. The molecule has 0 unspecified atom stereocenters. The molecule has 1 fully saturated rings. The van der Waals surface area contributed by atoms with E-state index >= 15 is 0 Å². The highest BCUT2D eigenvalue weighted by Crippen LogP contribution is 2.12. The Balaban J connectivity index is 1.54. The summed E-state index contributed by atoms with van der Waals surface area (Å²) in [6.45, 7) is 3.89. The van der Waals surface area contributed by atoms with Crippen LogP contribution in [0, 0.1) is 6.92 Å². The molecule has 8 nitrogen and oxygen atoms in total. The third kappa shape index (κ3) is 4.43. The summed E-state index contributed by atoms with van der Waals surface area (Å²) in [7, 11) is 1.67. The van der Waals surface area contributed by atoms with Gasteiger partial charge in [-0.1, -0.05) is 0 Å². The predicted octanol–water partition coefficient (Wildman–Crippen LogP) is 0.427. The van der Waals surface area contributed by atoms with Crippen molar-refractivity contribution in [2.75, 3.05) is 31.6 Å². The smallest absolute Gasteiger partial charge is 0.293 e. The molecule has 1 aliphatic heterocycles. The van der Waals surface area contributed by atoms with Crippen molar-refractivity contribution in [1.82, 2.24) is 19.4 Å². The molecule has 9 heteroatoms. The van der Waals surface area contributed by atoms with Gasteiger partial charge in [0.2, 0.25) is 5.91 Å². The molecular formula is C16H21N5O3S. The van der Waals surface area contributed by atoms with E-state index in [2.05, 4.69) is 15.3 Å². The van der Waals surface area contributed by atoms with Crippen LogP contribution < -0.4 is 10.9 Å². The lowest BCUT2D eigenvalue weighted by Crippen LogP contribution is -2.48. The second-order valence-corrected chi connectivity index (χ2v) is 7.00. The minimum absolute atomic E-state index is 0.0485. The summed E-state index contributed by atoms with van der Waals surface area (Å²) >= 11 is 1.55. The van der Waals surface area contributed by atoms with Crippen molar-refractivity contribution in [3.05, 3.63) is 38.8 Å². The summed E-state index contributed by atoms with van der Waals surface area (Å²) < 4.78 is 7.16. The maximum atomic E-state index is 12.4. The van der Waals surface area contributed by atoms with Gasteiger partial charge in [0.15, 0.2) is 5.82 Å². The van der Waals surface area contributed by atoms with Crippen molar-refractivity contribution >= 4 is 23.1 Å². The first-order valence-corrected chi connectivity index (χ1v) is 8.97. The molecule has 0 aliphatic carbocycles. The monoisotopic (exact) mass is 363 g/mol. The SMILES string of the molecule is Cc1nc(CC(=O)N2CCO[C@H](CNc3nccn(C)c3=O)C2)cs1. The third-order valence-electron chi connectivity index (χ3n) is 4.00. The number of hydrogen-bond acceptors (Lipinski definition) is 7. The van der Waals surface area contributed by atoms with Crippen molar-refractivity contribution in [1.29, 1.82) is 0 Å². The number of amides is 1. The van der Waals surface area contributed by atoms with Gasteiger partial charge in [0.1, 0.15) is 0 Å². The van der Waals surface area contributed by atoms with Gasteiger partial charge in [-0.05, 0) is 6.92 Å². The second-order valence-electron chi connectivity index (χ2n) is 5.94. The third-order valence-corrected chi connectivity index (χ3v) is 4.83. The molecule has 0 spiro atoms. The van der Waals surface area contributed by atoms with Crippen molar-refractivity contribution in [2.45, 2.75) is 19.4 Å². The molecule has 0 saturated carbocycles. The van der Waals surface area contributed by atoms with Crippen molar-refractivity contribution in [3.63, 3.8) is 0 Å². The Bertz CT molecular complexity index is 803. The van der Waals surface area contributed by atoms with Crippen molar-refractivity contribution < 1.29 is 9.53 Å². The molecule has 0 bridgehead atoms. The normalized spacial score (nSPS) is 17.5. The molecule has 0 aromatic carbocycles. The minimum Gasteiger partial charge on any atom is -0.373 e. The van der Waals surface area contributed by atoms with Crippen molar-refractivity contribution in [3.8, 4) is 0 Å². The van der Waals surface area contributed by atoms with Gasteiger partial charge in [-0.3, -0.25) is 9.59 Å². The number of anilines is 1. The molecule has 1 N–H and O–H groups in total. The van der Waals surface area contributed by atoms with Gasteiger partial charge in [-0.25, -0.2) is 9.97 Å². The average Bonchev–Trinajstić information content (AvgIpc) is 3.01. The Labute approximate surface area is 149 Å². The number of thiazole rings is 1. The van der Waals surface area contributed by atoms with Gasteiger partial charge < -0.3 is 19.5 Å². The number of carbonyl (C=O) groups is 1. The van der Waals surface area contributed by atoms with Gasteiger partial charge in [0.25, 0.3) is 5.56 Å². The van der Waals surface area contributed by atoms with Gasteiger partial charge in [0, 0.05) is 44.5 Å².